The number of ether oxygens (including phenoxy) is 1. The fourth-order valence-corrected chi connectivity index (χ4v) is 7.52. The summed E-state index contributed by atoms with van der Waals surface area (Å²) in [6.07, 6.45) is 9.11. The molecular weight excluding hydrogens is 628 g/mol. The quantitative estimate of drug-likeness (QED) is 0.305. The van der Waals surface area contributed by atoms with E-state index in [4.69, 9.17) is 4.74 Å². The van der Waals surface area contributed by atoms with Gasteiger partial charge in [0.1, 0.15) is 29.5 Å². The van der Waals surface area contributed by atoms with Gasteiger partial charge in [0.2, 0.25) is 17.0 Å². The first kappa shape index (κ1) is 32.1. The van der Waals surface area contributed by atoms with Gasteiger partial charge in [-0.2, -0.15) is 13.2 Å². The molecule has 1 aromatic rings. The van der Waals surface area contributed by atoms with Crippen LogP contribution in [0.1, 0.15) is 50.5 Å². The number of halogens is 4. The standard InChI is InChI=1S/C32H34F4N4O5S/c33-20-12-19(32(34,35)36)13-21(14-20)37-24-10-5-3-1-2-4-8-18-16-31(18,29(43)44)39-27(41)25-15-22(17-40(25)28(24)42)45-30-38-23-9-6-7-11-26(23)46-30/h4,6-9,11-14,18,22-26,37H,1-3,5,10,15-17H2,(H,39,41)(H,43,44)/b8-4-/t18-,22-,23?,24+,25+,26?,31-/m1/s1. The van der Waals surface area contributed by atoms with Gasteiger partial charge in [0.25, 0.3) is 0 Å². The molecule has 3 N–H and O–H groups in total. The van der Waals surface area contributed by atoms with Crippen molar-refractivity contribution in [3.05, 3.63) is 66.0 Å². The number of thioether (sulfide) groups is 1. The molecule has 0 aromatic heterocycles. The molecule has 7 atom stereocenters. The van der Waals surface area contributed by atoms with Crippen LogP contribution in [0.15, 0.2) is 59.6 Å². The van der Waals surface area contributed by atoms with Crippen molar-refractivity contribution in [2.45, 2.75) is 86.1 Å². The number of allylic oxidation sites excluding steroid dienone is 3. The molecule has 5 aliphatic rings. The van der Waals surface area contributed by atoms with Gasteiger partial charge in [-0.1, -0.05) is 61.1 Å². The number of nitrogens with one attached hydrogen (secondary N) is 2. The fourth-order valence-electron chi connectivity index (χ4n) is 6.45. The van der Waals surface area contributed by atoms with Crippen LogP contribution in [0.4, 0.5) is 23.2 Å². The molecule has 1 saturated heterocycles. The maximum absolute atomic E-state index is 14.3. The molecule has 3 aliphatic heterocycles. The fraction of sp³-hybridized carbons (Fsp3) is 0.500. The number of benzene rings is 1. The van der Waals surface area contributed by atoms with Crippen molar-refractivity contribution in [1.29, 1.82) is 0 Å². The average molecular weight is 663 g/mol. The number of carboxylic acids is 1. The van der Waals surface area contributed by atoms with Crippen LogP contribution in [0.5, 0.6) is 0 Å². The van der Waals surface area contributed by atoms with Gasteiger partial charge in [-0.15, -0.1) is 0 Å². The molecule has 46 heavy (non-hydrogen) atoms. The van der Waals surface area contributed by atoms with Gasteiger partial charge in [-0.3, -0.25) is 9.59 Å². The number of alkyl halides is 3. The Kier molecular flexibility index (Phi) is 8.92. The Morgan fingerprint density at radius 3 is 2.70 bits per heavy atom. The van der Waals surface area contributed by atoms with Crippen LogP contribution >= 0.6 is 11.8 Å². The summed E-state index contributed by atoms with van der Waals surface area (Å²) in [6, 6.07) is -0.271. The maximum atomic E-state index is 14.3. The van der Waals surface area contributed by atoms with Gasteiger partial charge in [0.15, 0.2) is 0 Å². The first-order valence-corrected chi connectivity index (χ1v) is 16.2. The van der Waals surface area contributed by atoms with Crippen LogP contribution in [0.2, 0.25) is 0 Å². The molecule has 2 amide bonds. The second-order valence-electron chi connectivity index (χ2n) is 12.3. The van der Waals surface area contributed by atoms with E-state index >= 15 is 0 Å². The highest BCUT2D eigenvalue weighted by Gasteiger charge is 2.61. The minimum Gasteiger partial charge on any atom is -0.479 e. The number of rotatable bonds is 4. The van der Waals surface area contributed by atoms with Crippen LogP contribution < -0.4 is 10.6 Å². The molecule has 0 radical (unpaired) electrons. The minimum atomic E-state index is -4.80. The van der Waals surface area contributed by atoms with Crippen LogP contribution in [0.25, 0.3) is 0 Å². The normalized spacial score (nSPS) is 33.5. The molecule has 2 fully saturated rings. The molecule has 246 valence electrons. The number of anilines is 1. The van der Waals surface area contributed by atoms with Gasteiger partial charge in [-0.25, -0.2) is 14.2 Å². The zero-order valence-electron chi connectivity index (χ0n) is 24.7. The Morgan fingerprint density at radius 2 is 1.93 bits per heavy atom. The van der Waals surface area contributed by atoms with Crippen molar-refractivity contribution in [3.8, 4) is 0 Å². The smallest absolute Gasteiger partial charge is 0.416 e. The van der Waals surface area contributed by atoms with Crippen molar-refractivity contribution >= 4 is 40.5 Å². The number of aliphatic imine (C=N–C) groups is 1. The summed E-state index contributed by atoms with van der Waals surface area (Å²) >= 11 is 1.42. The zero-order valence-corrected chi connectivity index (χ0v) is 25.5. The van der Waals surface area contributed by atoms with E-state index in [1.54, 1.807) is 0 Å². The van der Waals surface area contributed by atoms with Crippen molar-refractivity contribution in [1.82, 2.24) is 10.2 Å². The highest BCUT2D eigenvalue weighted by atomic mass is 32.2. The van der Waals surface area contributed by atoms with Crippen LogP contribution in [0.3, 0.4) is 0 Å². The lowest BCUT2D eigenvalue weighted by Gasteiger charge is -2.30. The predicted octanol–water partition coefficient (Wildman–Crippen LogP) is 5.06. The Bertz CT molecular complexity index is 1510. The summed E-state index contributed by atoms with van der Waals surface area (Å²) in [5, 5.41) is 16.0. The van der Waals surface area contributed by atoms with E-state index in [1.807, 2.05) is 36.5 Å². The molecule has 0 bridgehead atoms. The first-order valence-electron chi connectivity index (χ1n) is 15.4. The number of carboxylic acid groups (broad SMARTS) is 1. The van der Waals surface area contributed by atoms with Gasteiger partial charge in [0.05, 0.1) is 23.4 Å². The molecule has 14 heteroatoms. The molecular formula is C32H34F4N4O5S. The molecule has 0 spiro atoms. The lowest BCUT2D eigenvalue weighted by atomic mass is 10.0. The number of amides is 2. The number of fused-ring (bicyclic) bond motifs is 3. The summed E-state index contributed by atoms with van der Waals surface area (Å²) in [6.45, 7) is -0.0317. The van der Waals surface area contributed by atoms with Crippen molar-refractivity contribution in [2.24, 2.45) is 10.9 Å². The molecule has 3 heterocycles. The minimum absolute atomic E-state index is 0.0317. The SMILES string of the molecule is O=C1N[C@]2(C(=O)O)C[C@H]2/C=C\CCCCC[C@H](Nc2cc(F)cc(C(F)(F)F)c2)C(=O)N2C[C@H](OC3=NC4C=CC=CC4S3)C[C@@H]12. The molecule has 1 aromatic carbocycles. The summed E-state index contributed by atoms with van der Waals surface area (Å²) in [5.74, 6) is -3.91. The van der Waals surface area contributed by atoms with Crippen molar-refractivity contribution in [3.63, 3.8) is 0 Å². The molecule has 2 aliphatic carbocycles. The van der Waals surface area contributed by atoms with E-state index < -0.39 is 65.0 Å². The van der Waals surface area contributed by atoms with E-state index in [9.17, 15) is 37.1 Å². The van der Waals surface area contributed by atoms with Gasteiger partial charge >= 0.3 is 12.1 Å². The maximum Gasteiger partial charge on any atom is 0.416 e. The number of carbonyl (C=O) groups is 3. The lowest BCUT2D eigenvalue weighted by molar-refractivity contribution is -0.145. The van der Waals surface area contributed by atoms with Gasteiger partial charge < -0.3 is 25.4 Å². The molecule has 9 nitrogen and oxygen atoms in total. The Hall–Kier alpha value is -3.81. The summed E-state index contributed by atoms with van der Waals surface area (Å²) in [7, 11) is 0. The van der Waals surface area contributed by atoms with Crippen molar-refractivity contribution in [2.75, 3.05) is 11.9 Å². The highest BCUT2D eigenvalue weighted by Crippen LogP contribution is 2.45. The predicted molar refractivity (Wildman–Crippen MR) is 164 cm³/mol. The number of nitrogens with zero attached hydrogens (tertiary/aromatic N) is 2. The van der Waals surface area contributed by atoms with E-state index in [-0.39, 0.29) is 42.8 Å². The Labute approximate surface area is 267 Å². The van der Waals surface area contributed by atoms with Crippen LogP contribution in [0, 0.1) is 11.7 Å². The van der Waals surface area contributed by atoms with Crippen molar-refractivity contribution < 1.29 is 41.8 Å². The highest BCUT2D eigenvalue weighted by molar-refractivity contribution is 8.14. The second-order valence-corrected chi connectivity index (χ2v) is 13.4. The molecule has 1 saturated carbocycles. The first-order chi connectivity index (χ1) is 21.9. The summed E-state index contributed by atoms with van der Waals surface area (Å²) in [4.78, 5) is 46.2. The third-order valence-electron chi connectivity index (χ3n) is 9.00. The third kappa shape index (κ3) is 6.81. The van der Waals surface area contributed by atoms with E-state index in [0.29, 0.717) is 30.6 Å². The molecule has 2 unspecified atom stereocenters. The Morgan fingerprint density at radius 1 is 1.13 bits per heavy atom. The van der Waals surface area contributed by atoms with Gasteiger partial charge in [0, 0.05) is 18.0 Å². The van der Waals surface area contributed by atoms with E-state index in [2.05, 4.69) is 15.6 Å². The second kappa shape index (κ2) is 12.8. The van der Waals surface area contributed by atoms with E-state index in [0.717, 1.165) is 18.6 Å². The Balaban J connectivity index is 1.28. The molecule has 6 rings (SSSR count). The monoisotopic (exact) mass is 662 g/mol. The van der Waals surface area contributed by atoms with E-state index in [1.165, 1.54) is 16.7 Å². The summed E-state index contributed by atoms with van der Waals surface area (Å²) < 4.78 is 60.9. The third-order valence-corrected chi connectivity index (χ3v) is 10.1. The zero-order chi connectivity index (χ0) is 32.6. The summed E-state index contributed by atoms with van der Waals surface area (Å²) in [5.41, 5.74) is -2.91. The number of hydrogen-bond acceptors (Lipinski definition) is 7. The lowest BCUT2D eigenvalue weighted by Crippen LogP contribution is -2.55. The average Bonchev–Trinajstić information content (AvgIpc) is 3.31. The number of hydrogen-bond donors (Lipinski definition) is 3. The largest absolute Gasteiger partial charge is 0.479 e. The number of aliphatic carboxylic acids is 1. The van der Waals surface area contributed by atoms with Crippen LogP contribution in [-0.4, -0.2) is 74.6 Å². The van der Waals surface area contributed by atoms with Crippen LogP contribution in [-0.2, 0) is 25.3 Å². The number of carbonyl (C=O) groups excluding carboxylic acids is 2. The van der Waals surface area contributed by atoms with Gasteiger partial charge in [-0.05, 0) is 43.9 Å². The topological polar surface area (TPSA) is 120 Å².